The molecule has 2 rings (SSSR count). The number of ether oxygens (including phenoxy) is 1. The third-order valence-corrected chi connectivity index (χ3v) is 4.63. The van der Waals surface area contributed by atoms with E-state index in [-0.39, 0.29) is 17.8 Å². The molecule has 4 nitrogen and oxygen atoms in total. The van der Waals surface area contributed by atoms with Crippen molar-refractivity contribution in [1.29, 1.82) is 0 Å². The molecule has 1 N–H and O–H groups in total. The van der Waals surface area contributed by atoms with Crippen molar-refractivity contribution in [2.24, 2.45) is 0 Å². The molecular formula is C12H14ClNO3S. The maximum atomic E-state index is 11.8. The third-order valence-electron chi connectivity index (χ3n) is 2.87. The lowest BCUT2D eigenvalue weighted by atomic mass is 10.1. The molecule has 1 aromatic rings. The van der Waals surface area contributed by atoms with E-state index >= 15 is 0 Å². The minimum Gasteiger partial charge on any atom is -0.468 e. The Balaban J connectivity index is 2.21. The molecule has 1 aliphatic heterocycles. The fraction of sp³-hybridized carbons (Fsp3) is 0.417. The normalized spacial score (nSPS) is 27.8. The van der Waals surface area contributed by atoms with E-state index in [2.05, 4.69) is 10.1 Å². The first-order valence-electron chi connectivity index (χ1n) is 5.55. The van der Waals surface area contributed by atoms with Crippen LogP contribution in [0.1, 0.15) is 11.6 Å². The molecule has 3 unspecified atom stereocenters. The molecule has 1 fully saturated rings. The number of carbonyl (C=O) groups is 1. The van der Waals surface area contributed by atoms with E-state index in [0.717, 1.165) is 5.56 Å². The van der Waals surface area contributed by atoms with Crippen LogP contribution in [0.15, 0.2) is 24.3 Å². The third kappa shape index (κ3) is 2.91. The van der Waals surface area contributed by atoms with Crippen LogP contribution in [0.2, 0.25) is 5.02 Å². The summed E-state index contributed by atoms with van der Waals surface area (Å²) in [5, 5.41) is 3.75. The lowest BCUT2D eigenvalue weighted by Crippen LogP contribution is -2.49. The highest BCUT2D eigenvalue weighted by molar-refractivity contribution is 7.85. The first kappa shape index (κ1) is 13.5. The van der Waals surface area contributed by atoms with E-state index in [0.29, 0.717) is 10.8 Å². The standard InChI is InChI=1S/C12H14ClNO3S/c1-17-12(15)11-7-18(16)6-10(14-11)8-4-2-3-5-9(8)13/h2-5,10-11,14H,6-7H2,1H3. The first-order chi connectivity index (χ1) is 8.61. The summed E-state index contributed by atoms with van der Waals surface area (Å²) in [6.07, 6.45) is 0. The number of halogens is 1. The topological polar surface area (TPSA) is 55.4 Å². The van der Waals surface area contributed by atoms with E-state index in [1.165, 1.54) is 7.11 Å². The molecule has 0 aromatic heterocycles. The Morgan fingerprint density at radius 2 is 2.17 bits per heavy atom. The zero-order valence-corrected chi connectivity index (χ0v) is 11.5. The second-order valence-electron chi connectivity index (χ2n) is 4.09. The summed E-state index contributed by atoms with van der Waals surface area (Å²) < 4.78 is 16.5. The average molecular weight is 288 g/mol. The van der Waals surface area contributed by atoms with Crippen LogP contribution in [-0.4, -0.2) is 34.8 Å². The van der Waals surface area contributed by atoms with Crippen molar-refractivity contribution in [3.8, 4) is 0 Å². The molecule has 1 saturated heterocycles. The molecule has 6 heteroatoms. The molecule has 0 spiro atoms. The van der Waals surface area contributed by atoms with Gasteiger partial charge in [0.25, 0.3) is 0 Å². The monoisotopic (exact) mass is 287 g/mol. The summed E-state index contributed by atoms with van der Waals surface area (Å²) in [5.41, 5.74) is 0.862. The number of benzene rings is 1. The molecule has 3 atom stereocenters. The van der Waals surface area contributed by atoms with Crippen molar-refractivity contribution in [2.45, 2.75) is 12.1 Å². The van der Waals surface area contributed by atoms with Gasteiger partial charge in [-0.3, -0.25) is 14.3 Å². The molecule has 0 bridgehead atoms. The lowest BCUT2D eigenvalue weighted by molar-refractivity contribution is -0.142. The Labute approximate surface area is 113 Å². The van der Waals surface area contributed by atoms with Crippen molar-refractivity contribution >= 4 is 28.4 Å². The molecule has 0 saturated carbocycles. The Morgan fingerprint density at radius 1 is 1.44 bits per heavy atom. The van der Waals surface area contributed by atoms with Crippen LogP contribution < -0.4 is 5.32 Å². The number of rotatable bonds is 2. The summed E-state index contributed by atoms with van der Waals surface area (Å²) in [6, 6.07) is 6.64. The number of hydrogen-bond acceptors (Lipinski definition) is 4. The Kier molecular flexibility index (Phi) is 4.37. The van der Waals surface area contributed by atoms with Crippen LogP contribution >= 0.6 is 11.6 Å². The lowest BCUT2D eigenvalue weighted by Gasteiger charge is -2.29. The van der Waals surface area contributed by atoms with Gasteiger partial charge in [0.1, 0.15) is 6.04 Å². The van der Waals surface area contributed by atoms with Crippen molar-refractivity contribution < 1.29 is 13.7 Å². The maximum absolute atomic E-state index is 11.8. The number of methoxy groups -OCH3 is 1. The second kappa shape index (κ2) is 5.82. The molecule has 0 aliphatic carbocycles. The number of nitrogens with one attached hydrogen (secondary N) is 1. The van der Waals surface area contributed by atoms with Gasteiger partial charge < -0.3 is 4.74 Å². The highest BCUT2D eigenvalue weighted by Gasteiger charge is 2.32. The van der Waals surface area contributed by atoms with Crippen LogP contribution in [0.5, 0.6) is 0 Å². The van der Waals surface area contributed by atoms with Crippen LogP contribution in [0, 0.1) is 0 Å². The summed E-state index contributed by atoms with van der Waals surface area (Å²) >= 11 is 6.11. The number of esters is 1. The van der Waals surface area contributed by atoms with Gasteiger partial charge in [0, 0.05) is 33.4 Å². The SMILES string of the molecule is COC(=O)C1CS(=O)CC(c2ccccc2Cl)N1. The molecule has 98 valence electrons. The fourth-order valence-corrected chi connectivity index (χ4v) is 3.65. The average Bonchev–Trinajstić information content (AvgIpc) is 2.37. The Hall–Kier alpha value is -0.910. The summed E-state index contributed by atoms with van der Waals surface area (Å²) in [4.78, 5) is 11.5. The zero-order chi connectivity index (χ0) is 13.1. The molecule has 1 aromatic carbocycles. The quantitative estimate of drug-likeness (QED) is 0.833. The highest BCUT2D eigenvalue weighted by atomic mass is 35.5. The van der Waals surface area contributed by atoms with Crippen LogP contribution in [0.4, 0.5) is 0 Å². The molecule has 0 radical (unpaired) electrons. The van der Waals surface area contributed by atoms with E-state index in [9.17, 15) is 9.00 Å². The fourth-order valence-electron chi connectivity index (χ4n) is 1.99. The number of hydrogen-bond donors (Lipinski definition) is 1. The Bertz CT molecular complexity index is 480. The largest absolute Gasteiger partial charge is 0.468 e. The Morgan fingerprint density at radius 3 is 2.83 bits per heavy atom. The molecule has 18 heavy (non-hydrogen) atoms. The molecular weight excluding hydrogens is 274 g/mol. The number of carbonyl (C=O) groups excluding carboxylic acids is 1. The van der Waals surface area contributed by atoms with E-state index in [4.69, 9.17) is 11.6 Å². The van der Waals surface area contributed by atoms with Crippen molar-refractivity contribution in [2.75, 3.05) is 18.6 Å². The predicted octanol–water partition coefficient (Wildman–Crippen LogP) is 1.27. The van der Waals surface area contributed by atoms with Crippen LogP contribution in [-0.2, 0) is 20.3 Å². The van der Waals surface area contributed by atoms with Gasteiger partial charge in [0.15, 0.2) is 0 Å². The van der Waals surface area contributed by atoms with Gasteiger partial charge >= 0.3 is 5.97 Å². The van der Waals surface area contributed by atoms with Crippen LogP contribution in [0.3, 0.4) is 0 Å². The minimum absolute atomic E-state index is 0.183. The smallest absolute Gasteiger partial charge is 0.323 e. The van der Waals surface area contributed by atoms with E-state index < -0.39 is 16.8 Å². The van der Waals surface area contributed by atoms with Crippen molar-refractivity contribution in [3.63, 3.8) is 0 Å². The van der Waals surface area contributed by atoms with Gasteiger partial charge in [-0.15, -0.1) is 0 Å². The molecule has 0 amide bonds. The summed E-state index contributed by atoms with van der Waals surface area (Å²) in [5.74, 6) is 0.352. The second-order valence-corrected chi connectivity index (χ2v) is 6.04. The van der Waals surface area contributed by atoms with E-state index in [1.807, 2.05) is 18.2 Å². The predicted molar refractivity (Wildman–Crippen MR) is 71.0 cm³/mol. The van der Waals surface area contributed by atoms with Gasteiger partial charge in [0.05, 0.1) is 7.11 Å². The highest BCUT2D eigenvalue weighted by Crippen LogP contribution is 2.26. The summed E-state index contributed by atoms with van der Waals surface area (Å²) in [7, 11) is 0.272. The maximum Gasteiger partial charge on any atom is 0.323 e. The van der Waals surface area contributed by atoms with Gasteiger partial charge in [-0.05, 0) is 11.6 Å². The zero-order valence-electron chi connectivity index (χ0n) is 9.89. The summed E-state index contributed by atoms with van der Waals surface area (Å²) in [6.45, 7) is 0. The van der Waals surface area contributed by atoms with Crippen LogP contribution in [0.25, 0.3) is 0 Å². The van der Waals surface area contributed by atoms with Gasteiger partial charge in [-0.1, -0.05) is 29.8 Å². The van der Waals surface area contributed by atoms with Crippen molar-refractivity contribution in [1.82, 2.24) is 5.32 Å². The van der Waals surface area contributed by atoms with Crippen molar-refractivity contribution in [3.05, 3.63) is 34.9 Å². The van der Waals surface area contributed by atoms with Gasteiger partial charge in [-0.25, -0.2) is 0 Å². The van der Waals surface area contributed by atoms with Gasteiger partial charge in [-0.2, -0.15) is 0 Å². The first-order valence-corrected chi connectivity index (χ1v) is 7.41. The molecule has 1 heterocycles. The van der Waals surface area contributed by atoms with Gasteiger partial charge in [0.2, 0.25) is 0 Å². The molecule has 1 aliphatic rings. The van der Waals surface area contributed by atoms with E-state index in [1.54, 1.807) is 6.07 Å². The minimum atomic E-state index is -1.05.